The fourth-order valence-electron chi connectivity index (χ4n) is 4.21. The zero-order valence-corrected chi connectivity index (χ0v) is 17.1. The van der Waals surface area contributed by atoms with E-state index in [1.807, 2.05) is 19.1 Å². The molecule has 0 atom stereocenters. The van der Waals surface area contributed by atoms with Gasteiger partial charge in [0.05, 0.1) is 4.90 Å². The van der Waals surface area contributed by atoms with Crippen LogP contribution in [0.15, 0.2) is 29.2 Å². The van der Waals surface area contributed by atoms with Crippen LogP contribution in [0.25, 0.3) is 0 Å². The summed E-state index contributed by atoms with van der Waals surface area (Å²) in [6.07, 6.45) is 9.44. The van der Waals surface area contributed by atoms with Gasteiger partial charge in [0.1, 0.15) is 0 Å². The Morgan fingerprint density at radius 1 is 1.04 bits per heavy atom. The third kappa shape index (κ3) is 5.55. The highest BCUT2D eigenvalue weighted by Gasteiger charge is 2.30. The first-order valence-electron chi connectivity index (χ1n) is 10.3. The number of rotatable bonds is 6. The van der Waals surface area contributed by atoms with Crippen LogP contribution < -0.4 is 5.32 Å². The molecule has 0 aromatic heterocycles. The van der Waals surface area contributed by atoms with Crippen LogP contribution in [0.2, 0.25) is 0 Å². The van der Waals surface area contributed by atoms with Crippen LogP contribution in [0.5, 0.6) is 0 Å². The average Bonchev–Trinajstić information content (AvgIpc) is 2.68. The van der Waals surface area contributed by atoms with E-state index in [2.05, 4.69) is 5.32 Å². The third-order valence-electron chi connectivity index (χ3n) is 5.98. The van der Waals surface area contributed by atoms with Gasteiger partial charge in [-0.15, -0.1) is 0 Å². The molecule has 1 saturated carbocycles. The molecule has 1 N–H and O–H groups in total. The molecule has 1 aromatic carbocycles. The molecule has 1 saturated heterocycles. The first-order chi connectivity index (χ1) is 12.9. The third-order valence-corrected chi connectivity index (χ3v) is 7.90. The number of hydrogen-bond donors (Lipinski definition) is 1. The van der Waals surface area contributed by atoms with Crippen LogP contribution in [-0.4, -0.2) is 37.8 Å². The van der Waals surface area contributed by atoms with Gasteiger partial charge in [-0.2, -0.15) is 4.31 Å². The van der Waals surface area contributed by atoms with Gasteiger partial charge in [0.2, 0.25) is 15.9 Å². The van der Waals surface area contributed by atoms with E-state index in [1.54, 1.807) is 16.4 Å². The molecule has 1 amide bonds. The van der Waals surface area contributed by atoms with Crippen LogP contribution in [0.3, 0.4) is 0 Å². The molecule has 150 valence electrons. The number of aryl methyl sites for hydroxylation is 1. The summed E-state index contributed by atoms with van der Waals surface area (Å²) in [5.41, 5.74) is 1.04. The van der Waals surface area contributed by atoms with Crippen molar-refractivity contribution in [3.8, 4) is 0 Å². The SMILES string of the molecule is Cc1ccc(S(=O)(=O)N2CCC(NC(=O)CCC3CCCCC3)CC2)cc1. The topological polar surface area (TPSA) is 66.5 Å². The number of nitrogens with one attached hydrogen (secondary N) is 1. The quantitative estimate of drug-likeness (QED) is 0.804. The summed E-state index contributed by atoms with van der Waals surface area (Å²) in [6.45, 7) is 2.87. The number of piperidine rings is 1. The summed E-state index contributed by atoms with van der Waals surface area (Å²) in [7, 11) is -3.43. The lowest BCUT2D eigenvalue weighted by Crippen LogP contribution is -2.46. The maximum atomic E-state index is 12.7. The summed E-state index contributed by atoms with van der Waals surface area (Å²) in [4.78, 5) is 12.6. The second-order valence-electron chi connectivity index (χ2n) is 8.10. The number of hydrogen-bond acceptors (Lipinski definition) is 3. The van der Waals surface area contributed by atoms with Crippen molar-refractivity contribution in [2.45, 2.75) is 75.6 Å². The van der Waals surface area contributed by atoms with Crippen LogP contribution in [0.1, 0.15) is 63.4 Å². The monoisotopic (exact) mass is 392 g/mol. The van der Waals surface area contributed by atoms with Crippen molar-refractivity contribution in [2.24, 2.45) is 5.92 Å². The minimum absolute atomic E-state index is 0.0910. The Hall–Kier alpha value is -1.40. The Labute approximate surface area is 163 Å². The maximum absolute atomic E-state index is 12.7. The molecule has 1 heterocycles. The molecule has 2 aliphatic rings. The van der Waals surface area contributed by atoms with E-state index in [9.17, 15) is 13.2 Å². The second-order valence-corrected chi connectivity index (χ2v) is 10.0. The summed E-state index contributed by atoms with van der Waals surface area (Å²) < 4.78 is 27.0. The van der Waals surface area contributed by atoms with Crippen LogP contribution in [-0.2, 0) is 14.8 Å². The molecule has 0 spiro atoms. The molecule has 0 unspecified atom stereocenters. The van der Waals surface area contributed by atoms with Crippen molar-refractivity contribution >= 4 is 15.9 Å². The van der Waals surface area contributed by atoms with Crippen molar-refractivity contribution in [2.75, 3.05) is 13.1 Å². The Balaban J connectivity index is 1.44. The zero-order chi connectivity index (χ0) is 19.3. The van der Waals surface area contributed by atoms with Gasteiger partial charge >= 0.3 is 0 Å². The van der Waals surface area contributed by atoms with Crippen LogP contribution in [0.4, 0.5) is 0 Å². The Morgan fingerprint density at radius 3 is 2.30 bits per heavy atom. The fraction of sp³-hybridized carbons (Fsp3) is 0.667. The van der Waals surface area contributed by atoms with Gasteiger partial charge in [-0.1, -0.05) is 49.8 Å². The van der Waals surface area contributed by atoms with E-state index in [1.165, 1.54) is 32.1 Å². The predicted octanol–water partition coefficient (Wildman–Crippen LogP) is 3.62. The van der Waals surface area contributed by atoms with Gasteiger partial charge in [-0.3, -0.25) is 4.79 Å². The number of benzene rings is 1. The molecule has 5 nitrogen and oxygen atoms in total. The Bertz CT molecular complexity index is 716. The van der Waals surface area contributed by atoms with Crippen molar-refractivity contribution in [3.05, 3.63) is 29.8 Å². The number of sulfonamides is 1. The minimum atomic E-state index is -3.43. The normalized spacial score (nSPS) is 20.5. The minimum Gasteiger partial charge on any atom is -0.353 e. The predicted molar refractivity (Wildman–Crippen MR) is 107 cm³/mol. The summed E-state index contributed by atoms with van der Waals surface area (Å²) >= 11 is 0. The molecule has 1 aliphatic heterocycles. The van der Waals surface area contributed by atoms with Crippen molar-refractivity contribution < 1.29 is 13.2 Å². The summed E-state index contributed by atoms with van der Waals surface area (Å²) in [6, 6.07) is 7.08. The average molecular weight is 393 g/mol. The number of amides is 1. The van der Waals surface area contributed by atoms with Gasteiger partial charge in [0, 0.05) is 25.6 Å². The first-order valence-corrected chi connectivity index (χ1v) is 11.8. The lowest BCUT2D eigenvalue weighted by atomic mass is 9.86. The van der Waals surface area contributed by atoms with E-state index >= 15 is 0 Å². The maximum Gasteiger partial charge on any atom is 0.243 e. The molecule has 0 bridgehead atoms. The van der Waals surface area contributed by atoms with Gasteiger partial charge < -0.3 is 5.32 Å². The van der Waals surface area contributed by atoms with Gasteiger partial charge in [0.15, 0.2) is 0 Å². The number of nitrogens with zero attached hydrogens (tertiary/aromatic N) is 1. The van der Waals surface area contributed by atoms with Crippen molar-refractivity contribution in [1.82, 2.24) is 9.62 Å². The second kappa shape index (κ2) is 9.20. The smallest absolute Gasteiger partial charge is 0.243 e. The van der Waals surface area contributed by atoms with Crippen molar-refractivity contribution in [1.29, 1.82) is 0 Å². The molecule has 2 fully saturated rings. The number of carbonyl (C=O) groups excluding carboxylic acids is 1. The molecule has 6 heteroatoms. The molecular formula is C21H32N2O3S. The van der Waals surface area contributed by atoms with E-state index in [0.717, 1.165) is 12.0 Å². The molecule has 1 aromatic rings. The van der Waals surface area contributed by atoms with E-state index in [-0.39, 0.29) is 11.9 Å². The number of carbonyl (C=O) groups is 1. The van der Waals surface area contributed by atoms with Gasteiger partial charge in [0.25, 0.3) is 0 Å². The summed E-state index contributed by atoms with van der Waals surface area (Å²) in [5, 5.41) is 3.12. The first kappa shape index (κ1) is 20.3. The fourth-order valence-corrected chi connectivity index (χ4v) is 5.68. The van der Waals surface area contributed by atoms with Crippen LogP contribution in [0, 0.1) is 12.8 Å². The lowest BCUT2D eigenvalue weighted by molar-refractivity contribution is -0.122. The Kier molecular flexibility index (Phi) is 6.93. The van der Waals surface area contributed by atoms with E-state index in [0.29, 0.717) is 43.2 Å². The summed E-state index contributed by atoms with van der Waals surface area (Å²) in [5.74, 6) is 0.839. The Morgan fingerprint density at radius 2 is 1.67 bits per heavy atom. The highest BCUT2D eigenvalue weighted by molar-refractivity contribution is 7.89. The zero-order valence-electron chi connectivity index (χ0n) is 16.3. The molecular weight excluding hydrogens is 360 g/mol. The van der Waals surface area contributed by atoms with Gasteiger partial charge in [-0.25, -0.2) is 8.42 Å². The van der Waals surface area contributed by atoms with Crippen molar-refractivity contribution in [3.63, 3.8) is 0 Å². The molecule has 1 aliphatic carbocycles. The highest BCUT2D eigenvalue weighted by Crippen LogP contribution is 2.27. The largest absolute Gasteiger partial charge is 0.353 e. The van der Waals surface area contributed by atoms with Gasteiger partial charge in [-0.05, 0) is 44.2 Å². The molecule has 3 rings (SSSR count). The molecule has 0 radical (unpaired) electrons. The standard InChI is InChI=1S/C21H32N2O3S/c1-17-7-10-20(11-8-17)27(25,26)23-15-13-19(14-16-23)22-21(24)12-9-18-5-3-2-4-6-18/h7-8,10-11,18-19H,2-6,9,12-16H2,1H3,(H,22,24). The van der Waals surface area contributed by atoms with Crippen LogP contribution >= 0.6 is 0 Å². The van der Waals surface area contributed by atoms with E-state index in [4.69, 9.17) is 0 Å². The highest BCUT2D eigenvalue weighted by atomic mass is 32.2. The van der Waals surface area contributed by atoms with E-state index < -0.39 is 10.0 Å². The molecule has 27 heavy (non-hydrogen) atoms. The lowest BCUT2D eigenvalue weighted by Gasteiger charge is -2.31.